The van der Waals surface area contributed by atoms with E-state index in [-0.39, 0.29) is 17.9 Å². The molecular formula is C12H19NO4. The van der Waals surface area contributed by atoms with Crippen molar-refractivity contribution in [2.45, 2.75) is 26.8 Å². The maximum Gasteiger partial charge on any atom is 0.307 e. The van der Waals surface area contributed by atoms with Gasteiger partial charge < -0.3 is 14.7 Å². The van der Waals surface area contributed by atoms with E-state index >= 15 is 0 Å². The minimum atomic E-state index is -0.866. The van der Waals surface area contributed by atoms with Crippen molar-refractivity contribution >= 4 is 11.9 Å². The lowest BCUT2D eigenvalue weighted by atomic mass is 10.1. The number of carbonyl (C=O) groups excluding carboxylic acids is 1. The molecule has 5 nitrogen and oxygen atoms in total. The molecule has 0 unspecified atom stereocenters. The first kappa shape index (κ1) is 12.4. The fraction of sp³-hybridized carbons (Fsp3) is 0.833. The van der Waals surface area contributed by atoms with Crippen LogP contribution in [0.1, 0.15) is 20.8 Å². The molecule has 5 heteroatoms. The van der Waals surface area contributed by atoms with Gasteiger partial charge in [-0.05, 0) is 12.3 Å². The van der Waals surface area contributed by atoms with E-state index in [0.717, 1.165) is 0 Å². The largest absolute Gasteiger partial charge is 0.481 e. The zero-order valence-corrected chi connectivity index (χ0v) is 10.5. The standard InChI is InChI=1S/C12H19NO4/c1-7-6-17-5-4-13(7)10(14)8-9(11(15)16)12(8,2)3/h7-9H,4-6H2,1-3H3,(H,15,16)/t7-,8-,9+/m1/s1. The van der Waals surface area contributed by atoms with E-state index in [1.54, 1.807) is 4.90 Å². The van der Waals surface area contributed by atoms with Crippen LogP contribution in [0.25, 0.3) is 0 Å². The number of carbonyl (C=O) groups is 2. The van der Waals surface area contributed by atoms with E-state index in [9.17, 15) is 9.59 Å². The number of morpholine rings is 1. The number of aliphatic carboxylic acids is 1. The zero-order valence-electron chi connectivity index (χ0n) is 10.5. The molecule has 0 aromatic carbocycles. The SMILES string of the molecule is C[C@@H]1COCCN1C(=O)[C@H]1[C@@H](C(=O)O)C1(C)C. The van der Waals surface area contributed by atoms with Crippen molar-refractivity contribution in [2.75, 3.05) is 19.8 Å². The van der Waals surface area contributed by atoms with Crippen molar-refractivity contribution in [1.82, 2.24) is 4.90 Å². The van der Waals surface area contributed by atoms with E-state index in [1.165, 1.54) is 0 Å². The minimum absolute atomic E-state index is 0.0294. The molecule has 0 radical (unpaired) electrons. The number of rotatable bonds is 2. The normalized spacial score (nSPS) is 35.5. The van der Waals surface area contributed by atoms with Crippen molar-refractivity contribution in [1.29, 1.82) is 0 Å². The Hall–Kier alpha value is -1.10. The lowest BCUT2D eigenvalue weighted by Crippen LogP contribution is -2.48. The van der Waals surface area contributed by atoms with Gasteiger partial charge in [-0.1, -0.05) is 13.8 Å². The fourth-order valence-corrected chi connectivity index (χ4v) is 2.79. The molecule has 1 saturated carbocycles. The topological polar surface area (TPSA) is 66.8 Å². The van der Waals surface area contributed by atoms with Crippen LogP contribution in [0.4, 0.5) is 0 Å². The van der Waals surface area contributed by atoms with E-state index in [1.807, 2.05) is 20.8 Å². The second-order valence-corrected chi connectivity index (χ2v) is 5.57. The summed E-state index contributed by atoms with van der Waals surface area (Å²) >= 11 is 0. The molecule has 1 N–H and O–H groups in total. The van der Waals surface area contributed by atoms with E-state index in [4.69, 9.17) is 9.84 Å². The van der Waals surface area contributed by atoms with Crippen LogP contribution in [-0.2, 0) is 14.3 Å². The van der Waals surface area contributed by atoms with Crippen molar-refractivity contribution in [3.05, 3.63) is 0 Å². The molecule has 17 heavy (non-hydrogen) atoms. The van der Waals surface area contributed by atoms with E-state index < -0.39 is 17.3 Å². The van der Waals surface area contributed by atoms with E-state index in [0.29, 0.717) is 19.8 Å². The van der Waals surface area contributed by atoms with Crippen LogP contribution in [-0.4, -0.2) is 47.7 Å². The van der Waals surface area contributed by atoms with Gasteiger partial charge in [-0.3, -0.25) is 9.59 Å². The van der Waals surface area contributed by atoms with Crippen molar-refractivity contribution < 1.29 is 19.4 Å². The van der Waals surface area contributed by atoms with Crippen LogP contribution in [0.3, 0.4) is 0 Å². The number of ether oxygens (including phenoxy) is 1. The van der Waals surface area contributed by atoms with Gasteiger partial charge in [-0.25, -0.2) is 0 Å². The average molecular weight is 241 g/mol. The van der Waals surface area contributed by atoms with Crippen LogP contribution >= 0.6 is 0 Å². The predicted octanol–water partition coefficient (Wildman–Crippen LogP) is 0.590. The molecule has 2 aliphatic rings. The summed E-state index contributed by atoms with van der Waals surface area (Å²) in [6, 6.07) is 0.0436. The second-order valence-electron chi connectivity index (χ2n) is 5.57. The molecule has 1 aliphatic heterocycles. The van der Waals surface area contributed by atoms with Crippen molar-refractivity contribution in [2.24, 2.45) is 17.3 Å². The van der Waals surface area contributed by atoms with Crippen LogP contribution in [0.5, 0.6) is 0 Å². The summed E-state index contributed by atoms with van der Waals surface area (Å²) in [4.78, 5) is 25.1. The van der Waals surface area contributed by atoms with Gasteiger partial charge in [-0.15, -0.1) is 0 Å². The van der Waals surface area contributed by atoms with E-state index in [2.05, 4.69) is 0 Å². The van der Waals surface area contributed by atoms with Crippen LogP contribution in [0, 0.1) is 17.3 Å². The first-order chi connectivity index (χ1) is 7.87. The average Bonchev–Trinajstić information content (AvgIpc) is 2.81. The van der Waals surface area contributed by atoms with Gasteiger partial charge >= 0.3 is 5.97 Å². The third kappa shape index (κ3) is 1.92. The summed E-state index contributed by atoms with van der Waals surface area (Å²) in [6.45, 7) is 7.28. The molecule has 0 aromatic heterocycles. The van der Waals surface area contributed by atoms with Gasteiger partial charge in [0.1, 0.15) is 0 Å². The van der Waals surface area contributed by atoms with Crippen LogP contribution in [0.15, 0.2) is 0 Å². The number of hydrogen-bond acceptors (Lipinski definition) is 3. The molecule has 2 rings (SSSR count). The zero-order chi connectivity index (χ0) is 12.8. The molecule has 0 spiro atoms. The molecule has 0 bridgehead atoms. The smallest absolute Gasteiger partial charge is 0.307 e. The Morgan fingerprint density at radius 1 is 1.35 bits per heavy atom. The summed E-state index contributed by atoms with van der Waals surface area (Å²) in [6.07, 6.45) is 0. The third-order valence-corrected chi connectivity index (χ3v) is 4.01. The highest BCUT2D eigenvalue weighted by Crippen LogP contribution is 2.59. The maximum absolute atomic E-state index is 12.3. The van der Waals surface area contributed by atoms with Gasteiger partial charge in [0, 0.05) is 6.54 Å². The molecule has 1 aliphatic carbocycles. The Kier molecular flexibility index (Phi) is 2.89. The quantitative estimate of drug-likeness (QED) is 0.768. The monoisotopic (exact) mass is 241 g/mol. The summed E-state index contributed by atoms with van der Waals surface area (Å²) in [5, 5.41) is 9.08. The fourth-order valence-electron chi connectivity index (χ4n) is 2.79. The molecule has 3 atom stereocenters. The highest BCUT2D eigenvalue weighted by molar-refractivity contribution is 5.91. The van der Waals surface area contributed by atoms with Gasteiger partial charge in [0.25, 0.3) is 0 Å². The highest BCUT2D eigenvalue weighted by Gasteiger charge is 2.66. The number of carboxylic acids is 1. The summed E-state index contributed by atoms with van der Waals surface area (Å²) in [5.41, 5.74) is -0.416. The van der Waals surface area contributed by atoms with Crippen LogP contribution in [0.2, 0.25) is 0 Å². The second kappa shape index (κ2) is 3.98. The first-order valence-corrected chi connectivity index (χ1v) is 5.98. The lowest BCUT2D eigenvalue weighted by molar-refractivity contribution is -0.145. The van der Waals surface area contributed by atoms with Gasteiger partial charge in [0.15, 0.2) is 0 Å². The summed E-state index contributed by atoms with van der Waals surface area (Å²) in [5.74, 6) is -1.81. The summed E-state index contributed by atoms with van der Waals surface area (Å²) < 4.78 is 5.28. The Morgan fingerprint density at radius 3 is 2.47 bits per heavy atom. The predicted molar refractivity (Wildman–Crippen MR) is 60.4 cm³/mol. The molecule has 1 heterocycles. The number of amides is 1. The Morgan fingerprint density at radius 2 is 2.00 bits per heavy atom. The van der Waals surface area contributed by atoms with Gasteiger partial charge in [0.2, 0.25) is 5.91 Å². The third-order valence-electron chi connectivity index (χ3n) is 4.01. The molecular weight excluding hydrogens is 222 g/mol. The molecule has 96 valence electrons. The Bertz CT molecular complexity index is 352. The van der Waals surface area contributed by atoms with Crippen LogP contribution < -0.4 is 0 Å². The maximum atomic E-state index is 12.3. The number of carboxylic acid groups (broad SMARTS) is 1. The Labute approximate surface area is 101 Å². The molecule has 1 amide bonds. The minimum Gasteiger partial charge on any atom is -0.481 e. The number of hydrogen-bond donors (Lipinski definition) is 1. The Balaban J connectivity index is 2.08. The molecule has 2 fully saturated rings. The number of nitrogens with zero attached hydrogens (tertiary/aromatic N) is 1. The van der Waals surface area contributed by atoms with Crippen molar-refractivity contribution in [3.8, 4) is 0 Å². The molecule has 0 aromatic rings. The summed E-state index contributed by atoms with van der Waals surface area (Å²) in [7, 11) is 0. The van der Waals surface area contributed by atoms with Crippen molar-refractivity contribution in [3.63, 3.8) is 0 Å². The van der Waals surface area contributed by atoms with Gasteiger partial charge in [-0.2, -0.15) is 0 Å². The van der Waals surface area contributed by atoms with Gasteiger partial charge in [0.05, 0.1) is 31.1 Å². The highest BCUT2D eigenvalue weighted by atomic mass is 16.5. The first-order valence-electron chi connectivity index (χ1n) is 5.98. The lowest BCUT2D eigenvalue weighted by Gasteiger charge is -2.33. The molecule has 1 saturated heterocycles.